The normalized spacial score (nSPS) is 12.5. The minimum Gasteiger partial charge on any atom is -0.454 e. The van der Waals surface area contributed by atoms with E-state index in [1.165, 1.54) is 0 Å². The number of hydrogen-bond donors (Lipinski definition) is 1. The zero-order valence-electron chi connectivity index (χ0n) is 13.3. The Labute approximate surface area is 144 Å². The average molecular weight is 333 g/mol. The maximum Gasteiger partial charge on any atom is 0.271 e. The zero-order chi connectivity index (χ0) is 17.1. The highest BCUT2D eigenvalue weighted by Crippen LogP contribution is 2.31. The first-order valence-electron chi connectivity index (χ1n) is 7.76. The average Bonchev–Trinajstić information content (AvgIpc) is 3.33. The van der Waals surface area contributed by atoms with Crippen molar-refractivity contribution in [2.45, 2.75) is 0 Å². The van der Waals surface area contributed by atoms with E-state index in [1.807, 2.05) is 59.4 Å². The van der Waals surface area contributed by atoms with Gasteiger partial charge in [0.1, 0.15) is 0 Å². The Hall–Kier alpha value is -3.54. The predicted octanol–water partition coefficient (Wildman–Crippen LogP) is 2.97. The number of carbonyl (C=O) groups excluding carboxylic acids is 1. The first-order valence-corrected chi connectivity index (χ1v) is 7.76. The van der Waals surface area contributed by atoms with E-state index in [9.17, 15) is 4.79 Å². The van der Waals surface area contributed by atoms with E-state index < -0.39 is 0 Å². The van der Waals surface area contributed by atoms with Crippen LogP contribution in [0.5, 0.6) is 11.5 Å². The second-order valence-electron chi connectivity index (χ2n) is 5.45. The van der Waals surface area contributed by atoms with Crippen molar-refractivity contribution in [2.75, 3.05) is 6.79 Å². The molecule has 2 aromatic carbocycles. The summed E-state index contributed by atoms with van der Waals surface area (Å²) in [5.41, 5.74) is 4.87. The lowest BCUT2D eigenvalue weighted by Crippen LogP contribution is -2.17. The Morgan fingerprint density at radius 2 is 1.80 bits per heavy atom. The van der Waals surface area contributed by atoms with Crippen LogP contribution in [0.3, 0.4) is 0 Å². The standard InChI is InChI=1S/C19H15N3O3/c23-19(15-4-6-16(7-5-15)22-9-1-2-10-22)21-20-12-14-3-8-17-18(11-14)25-13-24-17/h1-12H,13H2,(H,21,23). The van der Waals surface area contributed by atoms with Gasteiger partial charge in [-0.15, -0.1) is 0 Å². The maximum absolute atomic E-state index is 12.1. The topological polar surface area (TPSA) is 64.8 Å². The molecule has 25 heavy (non-hydrogen) atoms. The van der Waals surface area contributed by atoms with Gasteiger partial charge in [0.2, 0.25) is 6.79 Å². The van der Waals surface area contributed by atoms with Crippen LogP contribution in [0.2, 0.25) is 0 Å². The molecule has 0 spiro atoms. The van der Waals surface area contributed by atoms with E-state index in [0.717, 1.165) is 11.3 Å². The van der Waals surface area contributed by atoms with Crippen LogP contribution < -0.4 is 14.9 Å². The fourth-order valence-electron chi connectivity index (χ4n) is 2.52. The SMILES string of the molecule is O=C(NN=Cc1ccc2c(c1)OCO2)c1ccc(-n2cccc2)cc1. The summed E-state index contributed by atoms with van der Waals surface area (Å²) in [5.74, 6) is 1.12. The molecule has 0 atom stereocenters. The van der Waals surface area contributed by atoms with E-state index in [-0.39, 0.29) is 12.7 Å². The van der Waals surface area contributed by atoms with Gasteiger partial charge in [0.15, 0.2) is 11.5 Å². The van der Waals surface area contributed by atoms with Crippen LogP contribution in [0.15, 0.2) is 72.1 Å². The lowest BCUT2D eigenvalue weighted by atomic mass is 10.2. The predicted molar refractivity (Wildman–Crippen MR) is 93.4 cm³/mol. The summed E-state index contributed by atoms with van der Waals surface area (Å²) in [5, 5.41) is 3.99. The number of rotatable bonds is 4. The molecule has 1 amide bonds. The summed E-state index contributed by atoms with van der Waals surface area (Å²) < 4.78 is 12.5. The van der Waals surface area contributed by atoms with E-state index in [4.69, 9.17) is 9.47 Å². The molecule has 124 valence electrons. The molecule has 1 aliphatic heterocycles. The summed E-state index contributed by atoms with van der Waals surface area (Å²) in [6.45, 7) is 0.228. The molecule has 1 N–H and O–H groups in total. The fraction of sp³-hybridized carbons (Fsp3) is 0.0526. The molecular weight excluding hydrogens is 318 g/mol. The molecule has 6 nitrogen and oxygen atoms in total. The minimum atomic E-state index is -0.268. The number of fused-ring (bicyclic) bond motifs is 1. The summed E-state index contributed by atoms with van der Waals surface area (Å²) in [4.78, 5) is 12.1. The Kier molecular flexibility index (Phi) is 3.92. The third kappa shape index (κ3) is 3.23. The monoisotopic (exact) mass is 333 g/mol. The molecule has 6 heteroatoms. The van der Waals surface area contributed by atoms with Crippen LogP contribution in [-0.4, -0.2) is 23.5 Å². The van der Waals surface area contributed by atoms with Crippen molar-refractivity contribution in [3.63, 3.8) is 0 Å². The van der Waals surface area contributed by atoms with Crippen LogP contribution >= 0.6 is 0 Å². The number of amides is 1. The number of hydrazone groups is 1. The van der Waals surface area contributed by atoms with Crippen molar-refractivity contribution in [1.29, 1.82) is 0 Å². The first kappa shape index (κ1) is 15.0. The second-order valence-corrected chi connectivity index (χ2v) is 5.45. The lowest BCUT2D eigenvalue weighted by Gasteiger charge is -2.04. The van der Waals surface area contributed by atoms with Crippen molar-refractivity contribution >= 4 is 12.1 Å². The summed E-state index contributed by atoms with van der Waals surface area (Å²) in [6.07, 6.45) is 5.46. The van der Waals surface area contributed by atoms with E-state index >= 15 is 0 Å². The minimum absolute atomic E-state index is 0.228. The third-order valence-electron chi connectivity index (χ3n) is 3.81. The molecule has 0 saturated heterocycles. The maximum atomic E-state index is 12.1. The fourth-order valence-corrected chi connectivity index (χ4v) is 2.52. The summed E-state index contributed by atoms with van der Waals surface area (Å²) in [7, 11) is 0. The van der Waals surface area contributed by atoms with Crippen LogP contribution in [-0.2, 0) is 0 Å². The number of ether oxygens (including phenoxy) is 2. The first-order chi connectivity index (χ1) is 12.3. The Bertz CT molecular complexity index is 916. The molecule has 0 radical (unpaired) electrons. The van der Waals surface area contributed by atoms with Gasteiger partial charge in [0, 0.05) is 23.6 Å². The Morgan fingerprint density at radius 3 is 2.60 bits per heavy atom. The van der Waals surface area contributed by atoms with Gasteiger partial charge in [-0.3, -0.25) is 4.79 Å². The highest BCUT2D eigenvalue weighted by atomic mass is 16.7. The highest BCUT2D eigenvalue weighted by Gasteiger charge is 2.12. The van der Waals surface area contributed by atoms with E-state index in [2.05, 4.69) is 10.5 Å². The van der Waals surface area contributed by atoms with Gasteiger partial charge in [-0.05, 0) is 60.2 Å². The molecule has 0 saturated carbocycles. The van der Waals surface area contributed by atoms with Crippen LogP contribution in [0.1, 0.15) is 15.9 Å². The molecular formula is C19H15N3O3. The second kappa shape index (κ2) is 6.52. The van der Waals surface area contributed by atoms with Crippen LogP contribution in [0, 0.1) is 0 Å². The molecule has 1 aromatic heterocycles. The van der Waals surface area contributed by atoms with Crippen molar-refractivity contribution in [1.82, 2.24) is 9.99 Å². The van der Waals surface area contributed by atoms with Crippen molar-refractivity contribution in [2.24, 2.45) is 5.10 Å². The number of nitrogens with zero attached hydrogens (tertiary/aromatic N) is 2. The quantitative estimate of drug-likeness (QED) is 0.590. The molecule has 0 fully saturated rings. The van der Waals surface area contributed by atoms with Crippen molar-refractivity contribution < 1.29 is 14.3 Å². The van der Waals surface area contributed by atoms with E-state index in [0.29, 0.717) is 17.1 Å². The molecule has 4 rings (SSSR count). The van der Waals surface area contributed by atoms with Gasteiger partial charge < -0.3 is 14.0 Å². The number of benzene rings is 2. The summed E-state index contributed by atoms with van der Waals surface area (Å²) >= 11 is 0. The molecule has 3 aromatic rings. The van der Waals surface area contributed by atoms with Crippen molar-refractivity contribution in [3.8, 4) is 17.2 Å². The molecule has 0 aliphatic carbocycles. The lowest BCUT2D eigenvalue weighted by molar-refractivity contribution is 0.0955. The molecule has 2 heterocycles. The zero-order valence-corrected chi connectivity index (χ0v) is 13.3. The molecule has 1 aliphatic rings. The van der Waals surface area contributed by atoms with Gasteiger partial charge in [-0.2, -0.15) is 5.10 Å². The van der Waals surface area contributed by atoms with Gasteiger partial charge >= 0.3 is 0 Å². The smallest absolute Gasteiger partial charge is 0.271 e. The highest BCUT2D eigenvalue weighted by molar-refractivity contribution is 5.95. The van der Waals surface area contributed by atoms with E-state index in [1.54, 1.807) is 18.3 Å². The molecule has 0 unspecified atom stereocenters. The summed E-state index contributed by atoms with van der Waals surface area (Å²) in [6, 6.07) is 16.7. The number of nitrogens with one attached hydrogen (secondary N) is 1. The van der Waals surface area contributed by atoms with Gasteiger partial charge in [0.05, 0.1) is 6.21 Å². The number of aromatic nitrogens is 1. The third-order valence-corrected chi connectivity index (χ3v) is 3.81. The number of carbonyl (C=O) groups is 1. The molecule has 0 bridgehead atoms. The largest absolute Gasteiger partial charge is 0.454 e. The van der Waals surface area contributed by atoms with Crippen molar-refractivity contribution in [3.05, 3.63) is 78.1 Å². The Morgan fingerprint density at radius 1 is 1.04 bits per heavy atom. The van der Waals surface area contributed by atoms with Gasteiger partial charge in [-0.25, -0.2) is 5.43 Å². The Balaban J connectivity index is 1.40. The van der Waals surface area contributed by atoms with Crippen LogP contribution in [0.25, 0.3) is 5.69 Å². The van der Waals surface area contributed by atoms with Gasteiger partial charge in [0.25, 0.3) is 5.91 Å². The van der Waals surface area contributed by atoms with Crippen LogP contribution in [0.4, 0.5) is 0 Å². The van der Waals surface area contributed by atoms with Gasteiger partial charge in [-0.1, -0.05) is 0 Å². The number of hydrogen-bond acceptors (Lipinski definition) is 4.